The first-order valence-electron chi connectivity index (χ1n) is 20.0. The second kappa shape index (κ2) is 24.9. The van der Waals surface area contributed by atoms with Gasteiger partial charge in [-0.3, -0.25) is 15.9 Å². The van der Waals surface area contributed by atoms with Gasteiger partial charge in [0.15, 0.2) is 28.5 Å². The van der Waals surface area contributed by atoms with E-state index in [2.05, 4.69) is 44.3 Å². The van der Waals surface area contributed by atoms with Gasteiger partial charge in [-0.25, -0.2) is 47.7 Å². The van der Waals surface area contributed by atoms with Crippen molar-refractivity contribution in [3.63, 3.8) is 0 Å². The first kappa shape index (κ1) is 56.4. The number of nitrogens with two attached hydrogens (primary N) is 2. The molecule has 0 radical (unpaired) electrons. The van der Waals surface area contributed by atoms with E-state index < -0.39 is 52.7 Å². The summed E-state index contributed by atoms with van der Waals surface area (Å²) in [6.45, 7) is 4.45. The van der Waals surface area contributed by atoms with E-state index in [1.54, 1.807) is 65.5 Å². The minimum Gasteiger partial charge on any atom is -1.00 e. The van der Waals surface area contributed by atoms with Crippen molar-refractivity contribution in [1.82, 2.24) is 39.5 Å². The van der Waals surface area contributed by atoms with E-state index in [9.17, 15) is 49.5 Å². The average molecular weight is 1010 g/mol. The van der Waals surface area contributed by atoms with Crippen molar-refractivity contribution in [2.45, 2.75) is 53.6 Å². The number of rotatable bonds is 13. The molecule has 0 aliphatic heterocycles. The van der Waals surface area contributed by atoms with Crippen LogP contribution in [0, 0.1) is 11.6 Å². The van der Waals surface area contributed by atoms with Gasteiger partial charge in [-0.15, -0.1) is 0 Å². The summed E-state index contributed by atoms with van der Waals surface area (Å²) in [7, 11) is 0. The Kier molecular flexibility index (Phi) is 20.1. The second-order valence-electron chi connectivity index (χ2n) is 13.6. The van der Waals surface area contributed by atoms with Crippen LogP contribution in [0.1, 0.15) is 61.1 Å². The second-order valence-corrected chi connectivity index (χ2v) is 13.6. The third-order valence-corrected chi connectivity index (χ3v) is 8.97. The van der Waals surface area contributed by atoms with Gasteiger partial charge in [-0.1, -0.05) is 43.8 Å². The Labute approximate surface area is 399 Å². The van der Waals surface area contributed by atoms with Crippen LogP contribution < -0.4 is 23.5 Å². The zero-order chi connectivity index (χ0) is 49.8. The van der Waals surface area contributed by atoms with Gasteiger partial charge in [0, 0.05) is 29.7 Å². The highest BCUT2D eigenvalue weighted by Crippen LogP contribution is 2.33. The van der Waals surface area contributed by atoms with Crippen LogP contribution in [-0.2, 0) is 43.1 Å². The quantitative estimate of drug-likeness (QED) is 0.0247. The van der Waals surface area contributed by atoms with Gasteiger partial charge < -0.3 is 26.6 Å². The Morgan fingerprint density at radius 1 is 0.729 bits per heavy atom. The smallest absolute Gasteiger partial charge is 0.455 e. The van der Waals surface area contributed by atoms with Crippen molar-refractivity contribution < 1.29 is 81.5 Å². The summed E-state index contributed by atoms with van der Waals surface area (Å²) in [5.41, 5.74) is 4.54. The SMILES string of the molecule is C.CCO/C=C(\C(=O)OCC)C(=O)C(F)(F)F.CCOC(=O)c1cnc(-c2nn(Cc3ccccc3F)c3ncccc23)nc1C(F)(F)F.NC(=[NH2+])c1nn(Cc2ccccc2F)c2ncccc12.[Cl-]. The molecule has 7 rings (SSSR count). The first-order chi connectivity index (χ1) is 32.3. The Morgan fingerprint density at radius 2 is 1.26 bits per heavy atom. The van der Waals surface area contributed by atoms with Gasteiger partial charge in [0.2, 0.25) is 0 Å². The number of ketones is 1. The number of carbonyl (C=O) groups excluding carboxylic acids is 3. The highest BCUT2D eigenvalue weighted by Gasteiger charge is 2.44. The van der Waals surface area contributed by atoms with E-state index in [-0.39, 0.29) is 75.9 Å². The molecule has 70 heavy (non-hydrogen) atoms. The third kappa shape index (κ3) is 13.9. The highest BCUT2D eigenvalue weighted by atomic mass is 35.5. The van der Waals surface area contributed by atoms with E-state index in [0.717, 1.165) is 11.6 Å². The standard InChI is InChI=1S/C21H15F4N5O2.C14H12FN5.C9H11F3O4.CH4.ClH/c1-2-32-20(31)14-10-27-18(28-17(14)21(23,24)25)16-13-7-5-9-26-19(13)30(29-16)11-12-6-3-4-8-15(12)22;15-11-6-2-1-4-9(11)8-20-14-10(5-3-7-18-14)12(19-20)13(16)17;1-3-15-5-6(8(14)16-4-2)7(13)9(10,11)12;;/h3-10H,2,11H2,1H3;1-7H,8H2,(H3,16,17);5H,3-4H2,1-2H3;1H4;1H/b;;6-5-;;. The highest BCUT2D eigenvalue weighted by molar-refractivity contribution is 6.19. The molecule has 5 heterocycles. The first-order valence-corrected chi connectivity index (χ1v) is 20.0. The molecule has 25 heteroatoms. The van der Waals surface area contributed by atoms with Crippen LogP contribution in [0.2, 0.25) is 0 Å². The molecule has 5 aromatic heterocycles. The molecule has 0 aliphatic rings. The Bertz CT molecular complexity index is 2980. The van der Waals surface area contributed by atoms with Crippen molar-refractivity contribution in [3.8, 4) is 11.5 Å². The van der Waals surface area contributed by atoms with Gasteiger partial charge in [-0.05, 0) is 57.2 Å². The topological polar surface area (TPSA) is 218 Å². The van der Waals surface area contributed by atoms with E-state index in [1.807, 2.05) is 6.07 Å². The van der Waals surface area contributed by atoms with Crippen LogP contribution in [0.25, 0.3) is 33.6 Å². The van der Waals surface area contributed by atoms with Gasteiger partial charge >= 0.3 is 24.3 Å². The molecular formula is C45H43ClF8N10O6. The summed E-state index contributed by atoms with van der Waals surface area (Å²) in [5.74, 6) is -5.77. The molecule has 0 amide bonds. The molecule has 4 N–H and O–H groups in total. The van der Waals surface area contributed by atoms with Crippen LogP contribution >= 0.6 is 0 Å². The number of esters is 2. The summed E-state index contributed by atoms with van der Waals surface area (Å²) < 4.78 is 121. The molecule has 16 nitrogen and oxygen atoms in total. The predicted molar refractivity (Wildman–Crippen MR) is 232 cm³/mol. The number of Topliss-reactive ketones (excluding diaryl/α,β-unsaturated/α-hetero) is 1. The summed E-state index contributed by atoms with van der Waals surface area (Å²) in [4.78, 5) is 49.8. The number of alkyl halides is 6. The number of carbonyl (C=O) groups is 3. The number of fused-ring (bicyclic) bond motifs is 2. The van der Waals surface area contributed by atoms with Gasteiger partial charge in [0.25, 0.3) is 11.6 Å². The minimum atomic E-state index is -5.13. The van der Waals surface area contributed by atoms with E-state index in [4.69, 9.17) is 11.1 Å². The van der Waals surface area contributed by atoms with E-state index in [0.29, 0.717) is 39.8 Å². The van der Waals surface area contributed by atoms with Crippen molar-refractivity contribution in [1.29, 1.82) is 0 Å². The lowest BCUT2D eigenvalue weighted by Crippen LogP contribution is -3.00. The maximum Gasteiger partial charge on any atom is 0.455 e. The average Bonchev–Trinajstić information content (AvgIpc) is 3.86. The van der Waals surface area contributed by atoms with Crippen molar-refractivity contribution in [2.24, 2.45) is 5.73 Å². The normalized spacial score (nSPS) is 11.2. The van der Waals surface area contributed by atoms with Crippen LogP contribution in [0.15, 0.2) is 103 Å². The number of halogens is 9. The number of nitrogens with zero attached hydrogens (tertiary/aromatic N) is 8. The van der Waals surface area contributed by atoms with Crippen molar-refractivity contribution in [3.05, 3.63) is 143 Å². The molecule has 0 saturated heterocycles. The van der Waals surface area contributed by atoms with E-state index in [1.165, 1.54) is 43.8 Å². The zero-order valence-corrected chi connectivity index (χ0v) is 37.1. The molecule has 0 bridgehead atoms. The van der Waals surface area contributed by atoms with Gasteiger partial charge in [0.1, 0.15) is 34.7 Å². The van der Waals surface area contributed by atoms with Gasteiger partial charge in [-0.2, -0.15) is 36.5 Å². The molecule has 0 aliphatic carbocycles. The number of pyridine rings is 2. The summed E-state index contributed by atoms with van der Waals surface area (Å²) in [6.07, 6.45) is -5.69. The Hall–Kier alpha value is -7.89. The lowest BCUT2D eigenvalue weighted by molar-refractivity contribution is -0.169. The molecule has 0 unspecified atom stereocenters. The molecular weight excluding hydrogens is 964 g/mol. The molecule has 0 fully saturated rings. The van der Waals surface area contributed by atoms with Crippen molar-refractivity contribution in [2.75, 3.05) is 19.8 Å². The number of amidine groups is 1. The fraction of sp³-hybridized carbons (Fsp3) is 0.244. The lowest BCUT2D eigenvalue weighted by atomic mass is 10.2. The molecule has 2 aromatic carbocycles. The van der Waals surface area contributed by atoms with E-state index >= 15 is 0 Å². The van der Waals surface area contributed by atoms with Crippen LogP contribution in [0.3, 0.4) is 0 Å². The maximum absolute atomic E-state index is 14.1. The summed E-state index contributed by atoms with van der Waals surface area (Å²) >= 11 is 0. The van der Waals surface area contributed by atoms with Crippen LogP contribution in [0.5, 0.6) is 0 Å². The molecule has 372 valence electrons. The lowest BCUT2D eigenvalue weighted by Gasteiger charge is -2.11. The Morgan fingerprint density at radius 3 is 1.76 bits per heavy atom. The summed E-state index contributed by atoms with van der Waals surface area (Å²) in [5, 5.41) is 15.4. The Balaban J connectivity index is 0.000000295. The number of hydrogen-bond donors (Lipinski definition) is 2. The fourth-order valence-corrected chi connectivity index (χ4v) is 5.99. The fourth-order valence-electron chi connectivity index (χ4n) is 5.99. The molecule has 0 atom stereocenters. The largest absolute Gasteiger partial charge is 1.00 e. The monoisotopic (exact) mass is 1010 g/mol. The molecule has 0 spiro atoms. The number of benzene rings is 2. The summed E-state index contributed by atoms with van der Waals surface area (Å²) in [6, 6.07) is 19.4. The third-order valence-electron chi connectivity index (χ3n) is 8.97. The van der Waals surface area contributed by atoms with Crippen molar-refractivity contribution >= 4 is 45.6 Å². The molecule has 7 aromatic rings. The predicted octanol–water partition coefficient (Wildman–Crippen LogP) is 3.60. The van der Waals surface area contributed by atoms with Crippen LogP contribution in [-0.4, -0.2) is 89.1 Å². The number of aromatic nitrogens is 8. The maximum atomic E-state index is 14.1. The molecule has 0 saturated carbocycles. The minimum absolute atomic E-state index is 0. The number of ether oxygens (including phenoxy) is 3. The van der Waals surface area contributed by atoms with Gasteiger partial charge in [0.05, 0.1) is 43.7 Å². The number of hydrogen-bond acceptors (Lipinski definition) is 12. The zero-order valence-electron chi connectivity index (χ0n) is 36.4. The van der Waals surface area contributed by atoms with Crippen LogP contribution in [0.4, 0.5) is 35.1 Å².